The highest BCUT2D eigenvalue weighted by atomic mass is 16.5. The van der Waals surface area contributed by atoms with E-state index in [9.17, 15) is 5.21 Å². The summed E-state index contributed by atoms with van der Waals surface area (Å²) in [5, 5.41) is 13.6. The van der Waals surface area contributed by atoms with Crippen LogP contribution in [0.4, 0.5) is 11.4 Å². The molecule has 2 aliphatic rings. The van der Waals surface area contributed by atoms with Gasteiger partial charge in [-0.3, -0.25) is 10.2 Å². The number of ether oxygens (including phenoxy) is 1. The number of benzene rings is 2. The Kier molecular flexibility index (Phi) is 1.98. The molecular weight excluding hydrogens is 228 g/mol. The van der Waals surface area contributed by atoms with Crippen LogP contribution in [0.5, 0.6) is 0 Å². The fourth-order valence-corrected chi connectivity index (χ4v) is 2.80. The Morgan fingerprint density at radius 1 is 1.22 bits per heavy atom. The van der Waals surface area contributed by atoms with Crippen molar-refractivity contribution in [2.75, 3.05) is 11.6 Å². The molecule has 0 amide bonds. The minimum Gasteiger partial charge on any atom is -0.372 e. The molecule has 0 saturated heterocycles. The molecule has 0 unspecified atom stereocenters. The number of fused-ring (bicyclic) bond motifs is 2. The van der Waals surface area contributed by atoms with Crippen LogP contribution in [0.3, 0.4) is 0 Å². The van der Waals surface area contributed by atoms with Crippen LogP contribution in [-0.4, -0.2) is 18.0 Å². The van der Waals surface area contributed by atoms with Crippen molar-refractivity contribution < 1.29 is 9.94 Å². The zero-order valence-corrected chi connectivity index (χ0v) is 9.76. The average Bonchev–Trinajstić information content (AvgIpc) is 2.39. The summed E-state index contributed by atoms with van der Waals surface area (Å²) < 4.78 is 5.58. The minimum absolute atomic E-state index is 0.433. The standard InChI is InChI=1S/C14H12N2O2/c17-16-5-4-15-12-6-10-8-18-7-9-2-1-3-11(13(9)10)14(12)16/h1-4,6,17H,5,7-8H2. The van der Waals surface area contributed by atoms with E-state index in [2.05, 4.69) is 11.1 Å². The molecule has 0 spiro atoms. The predicted molar refractivity (Wildman–Crippen MR) is 69.7 cm³/mol. The lowest BCUT2D eigenvalue weighted by Crippen LogP contribution is -2.23. The van der Waals surface area contributed by atoms with Crippen LogP contribution in [0.1, 0.15) is 11.1 Å². The summed E-state index contributed by atoms with van der Waals surface area (Å²) in [4.78, 5) is 4.37. The second-order valence-corrected chi connectivity index (χ2v) is 4.63. The lowest BCUT2D eigenvalue weighted by atomic mass is 9.95. The third-order valence-electron chi connectivity index (χ3n) is 3.54. The van der Waals surface area contributed by atoms with Crippen LogP contribution < -0.4 is 5.06 Å². The van der Waals surface area contributed by atoms with Crippen molar-refractivity contribution >= 4 is 28.4 Å². The van der Waals surface area contributed by atoms with Gasteiger partial charge in [0.05, 0.1) is 31.1 Å². The highest BCUT2D eigenvalue weighted by Crippen LogP contribution is 2.42. The number of hydrogen-bond donors (Lipinski definition) is 1. The molecule has 4 nitrogen and oxygen atoms in total. The van der Waals surface area contributed by atoms with Gasteiger partial charge >= 0.3 is 0 Å². The molecule has 18 heavy (non-hydrogen) atoms. The van der Waals surface area contributed by atoms with E-state index in [1.54, 1.807) is 6.21 Å². The van der Waals surface area contributed by atoms with Gasteiger partial charge in [0.15, 0.2) is 0 Å². The quantitative estimate of drug-likeness (QED) is 0.770. The van der Waals surface area contributed by atoms with Gasteiger partial charge in [0.2, 0.25) is 0 Å². The van der Waals surface area contributed by atoms with Crippen LogP contribution in [0.15, 0.2) is 29.3 Å². The van der Waals surface area contributed by atoms with Gasteiger partial charge in [-0.1, -0.05) is 18.2 Å². The molecule has 0 saturated carbocycles. The van der Waals surface area contributed by atoms with Crippen LogP contribution in [-0.2, 0) is 18.0 Å². The van der Waals surface area contributed by atoms with Gasteiger partial charge < -0.3 is 4.74 Å². The molecule has 0 aromatic heterocycles. The zero-order chi connectivity index (χ0) is 12.1. The fraction of sp³-hybridized carbons (Fsp3) is 0.214. The molecule has 2 aromatic carbocycles. The SMILES string of the molecule is ON1CC=Nc2cc3c4c(cccc4c21)COC3. The largest absolute Gasteiger partial charge is 0.372 e. The molecule has 1 N–H and O–H groups in total. The molecule has 2 aromatic rings. The Morgan fingerprint density at radius 3 is 3.06 bits per heavy atom. The first-order valence-corrected chi connectivity index (χ1v) is 5.99. The van der Waals surface area contributed by atoms with Crippen molar-refractivity contribution in [1.29, 1.82) is 0 Å². The molecule has 90 valence electrons. The maximum Gasteiger partial charge on any atom is 0.0973 e. The number of aliphatic imine (C=N–C) groups is 1. The smallest absolute Gasteiger partial charge is 0.0973 e. The van der Waals surface area contributed by atoms with Crippen LogP contribution in [0.25, 0.3) is 10.8 Å². The van der Waals surface area contributed by atoms with Crippen molar-refractivity contribution in [2.24, 2.45) is 4.99 Å². The van der Waals surface area contributed by atoms with E-state index in [1.807, 2.05) is 18.2 Å². The van der Waals surface area contributed by atoms with Crippen molar-refractivity contribution in [3.05, 3.63) is 35.4 Å². The summed E-state index contributed by atoms with van der Waals surface area (Å²) in [6.07, 6.45) is 1.72. The topological polar surface area (TPSA) is 45.1 Å². The van der Waals surface area contributed by atoms with Crippen molar-refractivity contribution in [3.63, 3.8) is 0 Å². The van der Waals surface area contributed by atoms with Gasteiger partial charge in [-0.05, 0) is 22.6 Å². The van der Waals surface area contributed by atoms with Gasteiger partial charge in [-0.15, -0.1) is 0 Å². The summed E-state index contributed by atoms with van der Waals surface area (Å²) in [7, 11) is 0. The van der Waals surface area contributed by atoms with E-state index < -0.39 is 0 Å². The third kappa shape index (κ3) is 1.24. The lowest BCUT2D eigenvalue weighted by molar-refractivity contribution is 0.103. The van der Waals surface area contributed by atoms with Crippen molar-refractivity contribution in [2.45, 2.75) is 13.2 Å². The summed E-state index contributed by atoms with van der Waals surface area (Å²) in [5.74, 6) is 0. The number of anilines is 1. The van der Waals surface area contributed by atoms with Crippen LogP contribution in [0, 0.1) is 0 Å². The Bertz CT molecular complexity index is 679. The van der Waals surface area contributed by atoms with Gasteiger partial charge in [0.1, 0.15) is 0 Å². The number of rotatable bonds is 0. The van der Waals surface area contributed by atoms with Crippen molar-refractivity contribution in [3.8, 4) is 0 Å². The van der Waals surface area contributed by atoms with E-state index >= 15 is 0 Å². The molecule has 2 aliphatic heterocycles. The zero-order valence-electron chi connectivity index (χ0n) is 9.76. The minimum atomic E-state index is 0.433. The Labute approximate surface area is 104 Å². The number of nitrogens with zero attached hydrogens (tertiary/aromatic N) is 2. The normalized spacial score (nSPS) is 17.1. The third-order valence-corrected chi connectivity index (χ3v) is 3.54. The maximum absolute atomic E-state index is 10.0. The second-order valence-electron chi connectivity index (χ2n) is 4.63. The highest BCUT2D eigenvalue weighted by Gasteiger charge is 2.22. The Morgan fingerprint density at radius 2 is 2.11 bits per heavy atom. The molecule has 0 radical (unpaired) electrons. The maximum atomic E-state index is 10.0. The van der Waals surface area contributed by atoms with Crippen LogP contribution >= 0.6 is 0 Å². The summed E-state index contributed by atoms with van der Waals surface area (Å²) in [6.45, 7) is 1.68. The summed E-state index contributed by atoms with van der Waals surface area (Å²) in [6, 6.07) is 8.13. The fourth-order valence-electron chi connectivity index (χ4n) is 2.80. The molecule has 0 fully saturated rings. The molecule has 0 aliphatic carbocycles. The summed E-state index contributed by atoms with van der Waals surface area (Å²) in [5.41, 5.74) is 3.95. The lowest BCUT2D eigenvalue weighted by Gasteiger charge is -2.26. The number of hydroxylamine groups is 1. The van der Waals surface area contributed by atoms with E-state index in [0.29, 0.717) is 19.8 Å². The molecular formula is C14H12N2O2. The first-order chi connectivity index (χ1) is 8.84. The first-order valence-electron chi connectivity index (χ1n) is 5.99. The van der Waals surface area contributed by atoms with Gasteiger partial charge in [0.25, 0.3) is 0 Å². The van der Waals surface area contributed by atoms with E-state index in [0.717, 1.165) is 22.3 Å². The molecule has 0 bridgehead atoms. The average molecular weight is 240 g/mol. The van der Waals surface area contributed by atoms with Crippen LogP contribution in [0.2, 0.25) is 0 Å². The predicted octanol–water partition coefficient (Wildman–Crippen LogP) is 2.78. The second kappa shape index (κ2) is 3.54. The first kappa shape index (κ1) is 10.1. The molecule has 0 atom stereocenters. The van der Waals surface area contributed by atoms with Gasteiger partial charge in [0, 0.05) is 11.6 Å². The monoisotopic (exact) mass is 240 g/mol. The van der Waals surface area contributed by atoms with E-state index in [-0.39, 0.29) is 0 Å². The van der Waals surface area contributed by atoms with E-state index in [4.69, 9.17) is 4.74 Å². The van der Waals surface area contributed by atoms with Gasteiger partial charge in [-0.25, -0.2) is 5.06 Å². The Hall–Kier alpha value is -1.91. The molecule has 4 heteroatoms. The molecule has 4 rings (SSSR count). The molecule has 2 heterocycles. The Balaban J connectivity index is 2.17. The van der Waals surface area contributed by atoms with Gasteiger partial charge in [-0.2, -0.15) is 0 Å². The number of hydrogen-bond acceptors (Lipinski definition) is 4. The highest BCUT2D eigenvalue weighted by molar-refractivity contribution is 6.05. The van der Waals surface area contributed by atoms with E-state index in [1.165, 1.54) is 16.0 Å². The van der Waals surface area contributed by atoms with Crippen molar-refractivity contribution in [1.82, 2.24) is 0 Å². The summed E-state index contributed by atoms with van der Waals surface area (Å²) >= 11 is 0.